The zero-order valence-electron chi connectivity index (χ0n) is 13.5. The number of hydrogen-bond acceptors (Lipinski definition) is 3. The lowest BCUT2D eigenvalue weighted by atomic mass is 10.2. The van der Waals surface area contributed by atoms with Gasteiger partial charge in [0.15, 0.2) is 0 Å². The summed E-state index contributed by atoms with van der Waals surface area (Å²) in [6, 6.07) is 15.2. The number of para-hydroxylation sites is 2. The number of halogens is 1. The standard InChI is InChI=1S/C19H18ClNO2S/c1-12(2)11-23-15-9-5-4-8-14(15)21-19(22)18-17(20)13-7-3-6-10-16(13)24-18/h3-10,12H,11H2,1-2H3,(H,21,22). The molecule has 3 rings (SSSR count). The van der Waals surface area contributed by atoms with Crippen LogP contribution >= 0.6 is 22.9 Å². The molecule has 0 atom stereocenters. The van der Waals surface area contributed by atoms with Crippen molar-refractivity contribution in [3.05, 3.63) is 58.4 Å². The highest BCUT2D eigenvalue weighted by atomic mass is 35.5. The number of amides is 1. The average Bonchev–Trinajstić information content (AvgIpc) is 2.91. The monoisotopic (exact) mass is 359 g/mol. The van der Waals surface area contributed by atoms with Crippen LogP contribution in [0, 0.1) is 5.92 Å². The largest absolute Gasteiger partial charge is 0.491 e. The molecule has 0 aliphatic rings. The molecule has 3 nitrogen and oxygen atoms in total. The molecule has 0 unspecified atom stereocenters. The summed E-state index contributed by atoms with van der Waals surface area (Å²) in [6.07, 6.45) is 0. The molecule has 1 N–H and O–H groups in total. The Morgan fingerprint density at radius 1 is 1.17 bits per heavy atom. The predicted molar refractivity (Wildman–Crippen MR) is 102 cm³/mol. The van der Waals surface area contributed by atoms with E-state index in [-0.39, 0.29) is 5.91 Å². The van der Waals surface area contributed by atoms with Crippen LogP contribution in [0.3, 0.4) is 0 Å². The van der Waals surface area contributed by atoms with Crippen LogP contribution in [-0.2, 0) is 0 Å². The summed E-state index contributed by atoms with van der Waals surface area (Å²) in [4.78, 5) is 13.2. The molecule has 1 aromatic heterocycles. The average molecular weight is 360 g/mol. The number of ether oxygens (including phenoxy) is 1. The minimum Gasteiger partial charge on any atom is -0.491 e. The molecule has 2 aromatic carbocycles. The van der Waals surface area contributed by atoms with Crippen molar-refractivity contribution in [2.75, 3.05) is 11.9 Å². The Balaban J connectivity index is 1.85. The molecule has 124 valence electrons. The van der Waals surface area contributed by atoms with Crippen LogP contribution in [0.4, 0.5) is 5.69 Å². The molecule has 0 fully saturated rings. The maximum atomic E-state index is 12.7. The summed E-state index contributed by atoms with van der Waals surface area (Å²) in [5.74, 6) is 0.851. The molecule has 1 amide bonds. The van der Waals surface area contributed by atoms with Crippen LogP contribution in [0.25, 0.3) is 10.1 Å². The van der Waals surface area contributed by atoms with Crippen LogP contribution in [-0.4, -0.2) is 12.5 Å². The van der Waals surface area contributed by atoms with Crippen LogP contribution in [0.15, 0.2) is 48.5 Å². The molecule has 3 aromatic rings. The van der Waals surface area contributed by atoms with E-state index < -0.39 is 0 Å². The third-order valence-corrected chi connectivity index (χ3v) is 5.12. The van der Waals surface area contributed by atoms with Crippen molar-refractivity contribution >= 4 is 44.6 Å². The fourth-order valence-electron chi connectivity index (χ4n) is 2.29. The van der Waals surface area contributed by atoms with Crippen molar-refractivity contribution in [2.45, 2.75) is 13.8 Å². The van der Waals surface area contributed by atoms with Crippen molar-refractivity contribution in [1.29, 1.82) is 0 Å². The van der Waals surface area contributed by atoms with E-state index in [1.165, 1.54) is 11.3 Å². The first kappa shape index (κ1) is 16.8. The first-order chi connectivity index (χ1) is 11.6. The smallest absolute Gasteiger partial charge is 0.267 e. The molecule has 5 heteroatoms. The fourth-order valence-corrected chi connectivity index (χ4v) is 3.70. The molecule has 0 aliphatic heterocycles. The molecule has 0 aliphatic carbocycles. The summed E-state index contributed by atoms with van der Waals surface area (Å²) in [5.41, 5.74) is 0.650. The molecule has 0 saturated carbocycles. The Bertz CT molecular complexity index is 873. The highest BCUT2D eigenvalue weighted by Crippen LogP contribution is 2.36. The second-order valence-corrected chi connectivity index (χ2v) is 7.33. The SMILES string of the molecule is CC(C)COc1ccccc1NC(=O)c1sc2ccccc2c1Cl. The van der Waals surface area contributed by atoms with E-state index in [4.69, 9.17) is 16.3 Å². The van der Waals surface area contributed by atoms with Crippen molar-refractivity contribution < 1.29 is 9.53 Å². The van der Waals surface area contributed by atoms with Crippen molar-refractivity contribution in [1.82, 2.24) is 0 Å². The minimum atomic E-state index is -0.221. The number of carbonyl (C=O) groups excluding carboxylic acids is 1. The van der Waals surface area contributed by atoms with Gasteiger partial charge in [0.25, 0.3) is 5.91 Å². The molecule has 0 bridgehead atoms. The Labute approximate surface area is 150 Å². The van der Waals surface area contributed by atoms with Gasteiger partial charge >= 0.3 is 0 Å². The van der Waals surface area contributed by atoms with Gasteiger partial charge in [-0.25, -0.2) is 0 Å². The number of carbonyl (C=O) groups is 1. The van der Waals surface area contributed by atoms with Crippen LogP contribution in [0.5, 0.6) is 5.75 Å². The van der Waals surface area contributed by atoms with E-state index >= 15 is 0 Å². The van der Waals surface area contributed by atoms with E-state index in [0.717, 1.165) is 10.1 Å². The van der Waals surface area contributed by atoms with E-state index in [2.05, 4.69) is 19.2 Å². The summed E-state index contributed by atoms with van der Waals surface area (Å²) < 4.78 is 6.78. The Kier molecular flexibility index (Phi) is 5.07. The Morgan fingerprint density at radius 3 is 2.62 bits per heavy atom. The highest BCUT2D eigenvalue weighted by Gasteiger charge is 2.18. The maximum Gasteiger partial charge on any atom is 0.267 e. The van der Waals surface area contributed by atoms with Crippen molar-refractivity contribution in [3.8, 4) is 5.75 Å². The number of rotatable bonds is 5. The molecule has 0 saturated heterocycles. The molecule has 24 heavy (non-hydrogen) atoms. The molecular weight excluding hydrogens is 342 g/mol. The van der Waals surface area contributed by atoms with Crippen molar-refractivity contribution in [3.63, 3.8) is 0 Å². The van der Waals surface area contributed by atoms with Gasteiger partial charge in [0.2, 0.25) is 0 Å². The second kappa shape index (κ2) is 7.24. The number of benzene rings is 2. The van der Waals surface area contributed by atoms with Gasteiger partial charge in [0, 0.05) is 10.1 Å². The Hall–Kier alpha value is -2.04. The summed E-state index contributed by atoms with van der Waals surface area (Å²) in [7, 11) is 0. The molecule has 0 spiro atoms. The lowest BCUT2D eigenvalue weighted by Crippen LogP contribution is -2.13. The summed E-state index contributed by atoms with van der Waals surface area (Å²) in [5, 5.41) is 4.31. The highest BCUT2D eigenvalue weighted by molar-refractivity contribution is 7.21. The van der Waals surface area contributed by atoms with Crippen LogP contribution in [0.1, 0.15) is 23.5 Å². The summed E-state index contributed by atoms with van der Waals surface area (Å²) in [6.45, 7) is 4.76. The van der Waals surface area contributed by atoms with E-state index in [9.17, 15) is 4.79 Å². The number of hydrogen-bond donors (Lipinski definition) is 1. The van der Waals surface area contributed by atoms with Gasteiger partial charge in [-0.15, -0.1) is 11.3 Å². The van der Waals surface area contributed by atoms with Crippen LogP contribution < -0.4 is 10.1 Å². The first-order valence-corrected chi connectivity index (χ1v) is 8.96. The number of fused-ring (bicyclic) bond motifs is 1. The topological polar surface area (TPSA) is 38.3 Å². The van der Waals surface area contributed by atoms with Gasteiger partial charge in [-0.3, -0.25) is 4.79 Å². The lowest BCUT2D eigenvalue weighted by molar-refractivity contribution is 0.103. The van der Waals surface area contributed by atoms with Gasteiger partial charge in [-0.2, -0.15) is 0 Å². The lowest BCUT2D eigenvalue weighted by Gasteiger charge is -2.13. The zero-order valence-corrected chi connectivity index (χ0v) is 15.1. The van der Waals surface area contributed by atoms with Gasteiger partial charge in [-0.1, -0.05) is 55.8 Å². The van der Waals surface area contributed by atoms with Crippen LogP contribution in [0.2, 0.25) is 5.02 Å². The Morgan fingerprint density at radius 2 is 1.88 bits per heavy atom. The first-order valence-electron chi connectivity index (χ1n) is 7.76. The zero-order chi connectivity index (χ0) is 17.1. The number of nitrogens with one attached hydrogen (secondary N) is 1. The molecule has 1 heterocycles. The van der Waals surface area contributed by atoms with Gasteiger partial charge in [-0.05, 0) is 24.1 Å². The third kappa shape index (κ3) is 3.55. The van der Waals surface area contributed by atoms with Gasteiger partial charge < -0.3 is 10.1 Å². The fraction of sp³-hybridized carbons (Fsp3) is 0.211. The van der Waals surface area contributed by atoms with Crippen molar-refractivity contribution in [2.24, 2.45) is 5.92 Å². The number of anilines is 1. The van der Waals surface area contributed by atoms with E-state index in [1.54, 1.807) is 0 Å². The minimum absolute atomic E-state index is 0.221. The van der Waals surface area contributed by atoms with Gasteiger partial charge in [0.05, 0.1) is 17.3 Å². The third-order valence-electron chi connectivity index (χ3n) is 3.45. The molecular formula is C19H18ClNO2S. The number of thiophene rings is 1. The van der Waals surface area contributed by atoms with E-state index in [0.29, 0.717) is 33.9 Å². The van der Waals surface area contributed by atoms with E-state index in [1.807, 2.05) is 48.5 Å². The maximum absolute atomic E-state index is 12.7. The second-order valence-electron chi connectivity index (χ2n) is 5.90. The predicted octanol–water partition coefficient (Wildman–Crippen LogP) is 5.84. The quantitative estimate of drug-likeness (QED) is 0.621. The molecule has 0 radical (unpaired) electrons. The summed E-state index contributed by atoms with van der Waals surface area (Å²) >= 11 is 7.77. The van der Waals surface area contributed by atoms with Gasteiger partial charge in [0.1, 0.15) is 10.6 Å². The normalized spacial score (nSPS) is 11.0.